The summed E-state index contributed by atoms with van der Waals surface area (Å²) in [7, 11) is 1.60. The number of nitrogens with zero attached hydrogens (tertiary/aromatic N) is 3. The first-order valence-corrected chi connectivity index (χ1v) is 13.0. The normalized spacial score (nSPS) is 11.6. The smallest absolute Gasteiger partial charge is 0.260 e. The van der Waals surface area contributed by atoms with Crippen LogP contribution in [0.3, 0.4) is 0 Å². The molecule has 0 aliphatic carbocycles. The number of benzene rings is 2. The SMILES string of the molecule is C/C(=C(/C=O)C(=O)Nc1ccc(Oc2ccnn3ccc(-c4ccsc4)c23)c(F)c1)N(C)Nc1ccc(F)cc1. The molecule has 1 amide bonds. The molecule has 3 heterocycles. The zero-order chi connectivity index (χ0) is 28.2. The van der Waals surface area contributed by atoms with Crippen LogP contribution in [0.5, 0.6) is 11.5 Å². The highest BCUT2D eigenvalue weighted by Gasteiger charge is 2.18. The van der Waals surface area contributed by atoms with E-state index < -0.39 is 11.7 Å². The van der Waals surface area contributed by atoms with Crippen LogP contribution in [0.15, 0.2) is 95.1 Å². The van der Waals surface area contributed by atoms with Crippen molar-refractivity contribution in [3.63, 3.8) is 0 Å². The van der Waals surface area contributed by atoms with Gasteiger partial charge in [-0.3, -0.25) is 20.0 Å². The summed E-state index contributed by atoms with van der Waals surface area (Å²) in [6.45, 7) is 1.57. The van der Waals surface area contributed by atoms with Crippen LogP contribution in [0, 0.1) is 11.6 Å². The van der Waals surface area contributed by atoms with Crippen molar-refractivity contribution < 1.29 is 23.1 Å². The summed E-state index contributed by atoms with van der Waals surface area (Å²) >= 11 is 1.56. The van der Waals surface area contributed by atoms with Gasteiger partial charge < -0.3 is 10.1 Å². The number of nitrogens with one attached hydrogen (secondary N) is 2. The molecule has 0 spiro atoms. The first kappa shape index (κ1) is 26.6. The Morgan fingerprint density at radius 1 is 1.05 bits per heavy atom. The number of rotatable bonds is 9. The van der Waals surface area contributed by atoms with E-state index in [-0.39, 0.29) is 22.8 Å². The van der Waals surface area contributed by atoms with Crippen LogP contribution in [0.2, 0.25) is 0 Å². The van der Waals surface area contributed by atoms with Crippen molar-refractivity contribution in [2.45, 2.75) is 6.92 Å². The van der Waals surface area contributed by atoms with E-state index in [1.54, 1.807) is 48.3 Å². The molecule has 0 aliphatic heterocycles. The number of allylic oxidation sites excluding steroid dienone is 1. The molecule has 2 N–H and O–H groups in total. The lowest BCUT2D eigenvalue weighted by Crippen LogP contribution is -2.28. The number of ether oxygens (including phenoxy) is 1. The number of amides is 1. The first-order chi connectivity index (χ1) is 19.3. The predicted molar refractivity (Wildman–Crippen MR) is 150 cm³/mol. The quantitative estimate of drug-likeness (QED) is 0.0705. The largest absolute Gasteiger partial charge is 0.452 e. The Kier molecular flexibility index (Phi) is 7.56. The average Bonchev–Trinajstić information content (AvgIpc) is 3.62. The van der Waals surface area contributed by atoms with E-state index in [0.717, 1.165) is 17.2 Å². The highest BCUT2D eigenvalue weighted by atomic mass is 32.1. The summed E-state index contributed by atoms with van der Waals surface area (Å²) in [6.07, 6.45) is 3.78. The molecular weight excluding hydrogens is 536 g/mol. The molecule has 11 heteroatoms. The number of anilines is 2. The van der Waals surface area contributed by atoms with Crippen LogP contribution < -0.4 is 15.5 Å². The van der Waals surface area contributed by atoms with Crippen molar-refractivity contribution in [2.75, 3.05) is 17.8 Å². The van der Waals surface area contributed by atoms with Crippen molar-refractivity contribution in [1.82, 2.24) is 14.6 Å². The van der Waals surface area contributed by atoms with E-state index in [4.69, 9.17) is 4.74 Å². The number of halogens is 2. The van der Waals surface area contributed by atoms with Crippen LogP contribution in [0.1, 0.15) is 6.92 Å². The maximum Gasteiger partial charge on any atom is 0.260 e. The molecule has 40 heavy (non-hydrogen) atoms. The first-order valence-electron chi connectivity index (χ1n) is 12.0. The van der Waals surface area contributed by atoms with Crippen molar-refractivity contribution in [2.24, 2.45) is 0 Å². The molecule has 0 unspecified atom stereocenters. The van der Waals surface area contributed by atoms with Gasteiger partial charge >= 0.3 is 0 Å². The van der Waals surface area contributed by atoms with Gasteiger partial charge in [-0.1, -0.05) is 0 Å². The minimum atomic E-state index is -0.724. The standard InChI is InChI=1S/C29H23F2N5O3S/c1-18(35(2)34-21-5-3-20(30)4-6-21)24(16-37)29(38)33-22-7-8-26(25(31)15-22)39-27-9-12-32-36-13-10-23(28(27)36)19-11-14-40-17-19/h3-17,34H,1-2H3,(H,33,38)/b24-18+. The summed E-state index contributed by atoms with van der Waals surface area (Å²) in [5, 5.41) is 12.3. The van der Waals surface area contributed by atoms with Gasteiger partial charge in [0, 0.05) is 42.3 Å². The second-order valence-corrected chi connectivity index (χ2v) is 9.51. The van der Waals surface area contributed by atoms with Crippen molar-refractivity contribution >= 4 is 40.4 Å². The van der Waals surface area contributed by atoms with Gasteiger partial charge in [-0.2, -0.15) is 16.4 Å². The molecule has 0 atom stereocenters. The Morgan fingerprint density at radius 2 is 1.82 bits per heavy atom. The van der Waals surface area contributed by atoms with Gasteiger partial charge in [-0.15, -0.1) is 0 Å². The third-order valence-electron chi connectivity index (χ3n) is 6.16. The lowest BCUT2D eigenvalue weighted by atomic mass is 10.1. The third-order valence-corrected chi connectivity index (χ3v) is 6.84. The molecule has 0 saturated heterocycles. The Hall–Kier alpha value is -5.03. The molecule has 0 aliphatic rings. The molecule has 0 saturated carbocycles. The summed E-state index contributed by atoms with van der Waals surface area (Å²) in [6, 6.07) is 15.1. The van der Waals surface area contributed by atoms with Crippen molar-refractivity contribution in [3.8, 4) is 22.6 Å². The number of carbonyl (C=O) groups is 2. The van der Waals surface area contributed by atoms with Crippen LogP contribution in [0.4, 0.5) is 20.2 Å². The predicted octanol–water partition coefficient (Wildman–Crippen LogP) is 6.50. The van der Waals surface area contributed by atoms with Crippen molar-refractivity contribution in [1.29, 1.82) is 0 Å². The van der Waals surface area contributed by atoms with E-state index in [1.807, 2.05) is 22.9 Å². The number of thiophene rings is 1. The number of aldehydes is 1. The molecule has 202 valence electrons. The molecule has 0 fully saturated rings. The molecule has 0 bridgehead atoms. The fraction of sp³-hybridized carbons (Fsp3) is 0.0690. The lowest BCUT2D eigenvalue weighted by Gasteiger charge is -2.23. The fourth-order valence-electron chi connectivity index (χ4n) is 4.01. The van der Waals surface area contributed by atoms with Crippen LogP contribution in [-0.2, 0) is 9.59 Å². The summed E-state index contributed by atoms with van der Waals surface area (Å²) in [5.41, 5.74) is 6.35. The van der Waals surface area contributed by atoms with Crippen LogP contribution in [-0.4, -0.2) is 33.9 Å². The minimum Gasteiger partial charge on any atom is -0.452 e. The Balaban J connectivity index is 1.33. The monoisotopic (exact) mass is 559 g/mol. The Labute approximate surface area is 232 Å². The van der Waals surface area contributed by atoms with E-state index in [0.29, 0.717) is 28.9 Å². The molecule has 5 rings (SSSR count). The Bertz CT molecular complexity index is 1720. The van der Waals surface area contributed by atoms with E-state index in [2.05, 4.69) is 15.8 Å². The number of fused-ring (bicyclic) bond motifs is 1. The van der Waals surface area contributed by atoms with Gasteiger partial charge in [0.1, 0.15) is 16.9 Å². The lowest BCUT2D eigenvalue weighted by molar-refractivity contribution is -0.115. The van der Waals surface area contributed by atoms with Gasteiger partial charge in [0.2, 0.25) is 0 Å². The fourth-order valence-corrected chi connectivity index (χ4v) is 4.67. The van der Waals surface area contributed by atoms with Gasteiger partial charge in [0.15, 0.2) is 23.6 Å². The maximum absolute atomic E-state index is 15.1. The van der Waals surface area contributed by atoms with E-state index in [9.17, 15) is 14.0 Å². The molecule has 0 radical (unpaired) electrons. The van der Waals surface area contributed by atoms with Crippen LogP contribution in [0.25, 0.3) is 16.6 Å². The maximum atomic E-state index is 15.1. The third kappa shape index (κ3) is 5.54. The van der Waals surface area contributed by atoms with Gasteiger partial charge in [0.25, 0.3) is 5.91 Å². The average molecular weight is 560 g/mol. The number of hydrogen-bond donors (Lipinski definition) is 2. The summed E-state index contributed by atoms with van der Waals surface area (Å²) < 4.78 is 35.9. The minimum absolute atomic E-state index is 0.0471. The molecule has 8 nitrogen and oxygen atoms in total. The van der Waals surface area contributed by atoms with Crippen molar-refractivity contribution in [3.05, 3.63) is 107 Å². The highest BCUT2D eigenvalue weighted by molar-refractivity contribution is 7.08. The second-order valence-electron chi connectivity index (χ2n) is 8.73. The molecule has 5 aromatic rings. The summed E-state index contributed by atoms with van der Waals surface area (Å²) in [5.74, 6) is -1.46. The van der Waals surface area contributed by atoms with Crippen LogP contribution >= 0.6 is 11.3 Å². The number of aromatic nitrogens is 2. The van der Waals surface area contributed by atoms with Gasteiger partial charge in [0.05, 0.1) is 11.9 Å². The topological polar surface area (TPSA) is 88.0 Å². The highest BCUT2D eigenvalue weighted by Crippen LogP contribution is 2.36. The Morgan fingerprint density at radius 3 is 2.52 bits per heavy atom. The van der Waals surface area contributed by atoms with Gasteiger partial charge in [-0.05, 0) is 71.8 Å². The number of hydrogen-bond acceptors (Lipinski definition) is 7. The van der Waals surface area contributed by atoms with Gasteiger partial charge in [-0.25, -0.2) is 13.3 Å². The summed E-state index contributed by atoms with van der Waals surface area (Å²) in [4.78, 5) is 24.7. The van der Waals surface area contributed by atoms with E-state index >= 15 is 4.39 Å². The number of hydrazine groups is 1. The zero-order valence-corrected chi connectivity index (χ0v) is 22.2. The molecule has 2 aromatic carbocycles. The second kappa shape index (κ2) is 11.4. The molecule has 3 aromatic heterocycles. The zero-order valence-electron chi connectivity index (χ0n) is 21.4. The van der Waals surface area contributed by atoms with E-state index in [1.165, 1.54) is 41.4 Å². The molecular formula is C29H23F2N5O3S. The number of carbonyl (C=O) groups excluding carboxylic acids is 2.